The summed E-state index contributed by atoms with van der Waals surface area (Å²) in [7, 11) is 0. The standard InChI is InChI=1S/C11H14ClFN2O/c1-6(2)15-10(11(14)16)7-4-3-5-8(12)9(7)13/h3-6,10,15H,1-2H3,(H2,14,16). The van der Waals surface area contributed by atoms with Crippen LogP contribution in [-0.2, 0) is 4.79 Å². The summed E-state index contributed by atoms with van der Waals surface area (Å²) in [6, 6.07) is 3.65. The molecule has 16 heavy (non-hydrogen) atoms. The Hall–Kier alpha value is -1.13. The Morgan fingerprint density at radius 3 is 2.62 bits per heavy atom. The molecule has 0 spiro atoms. The molecule has 0 saturated carbocycles. The highest BCUT2D eigenvalue weighted by Gasteiger charge is 2.22. The van der Waals surface area contributed by atoms with E-state index in [0.29, 0.717) is 0 Å². The van der Waals surface area contributed by atoms with Gasteiger partial charge in [-0.15, -0.1) is 0 Å². The van der Waals surface area contributed by atoms with Gasteiger partial charge < -0.3 is 5.73 Å². The number of hydrogen-bond acceptors (Lipinski definition) is 2. The highest BCUT2D eigenvalue weighted by molar-refractivity contribution is 6.30. The molecule has 1 atom stereocenters. The van der Waals surface area contributed by atoms with Crippen molar-refractivity contribution in [2.24, 2.45) is 5.73 Å². The first-order chi connectivity index (χ1) is 7.43. The minimum absolute atomic E-state index is 0.0101. The van der Waals surface area contributed by atoms with Gasteiger partial charge >= 0.3 is 0 Å². The number of hydrogen-bond donors (Lipinski definition) is 2. The average Bonchev–Trinajstić information content (AvgIpc) is 2.18. The van der Waals surface area contributed by atoms with Gasteiger partial charge in [-0.2, -0.15) is 0 Å². The molecule has 0 saturated heterocycles. The second-order valence-electron chi connectivity index (χ2n) is 3.80. The van der Waals surface area contributed by atoms with E-state index in [1.807, 2.05) is 13.8 Å². The SMILES string of the molecule is CC(C)NC(C(N)=O)c1cccc(Cl)c1F. The second-order valence-corrected chi connectivity index (χ2v) is 4.21. The number of amides is 1. The predicted molar refractivity (Wildman–Crippen MR) is 61.6 cm³/mol. The zero-order valence-corrected chi connectivity index (χ0v) is 9.88. The van der Waals surface area contributed by atoms with Gasteiger partial charge in [0.15, 0.2) is 0 Å². The maximum Gasteiger partial charge on any atom is 0.239 e. The number of nitrogens with two attached hydrogens (primary N) is 1. The van der Waals surface area contributed by atoms with Crippen LogP contribution in [0.2, 0.25) is 5.02 Å². The van der Waals surface area contributed by atoms with E-state index >= 15 is 0 Å². The van der Waals surface area contributed by atoms with Crippen LogP contribution in [0.4, 0.5) is 4.39 Å². The lowest BCUT2D eigenvalue weighted by Crippen LogP contribution is -2.38. The van der Waals surface area contributed by atoms with Crippen LogP contribution in [-0.4, -0.2) is 11.9 Å². The normalized spacial score (nSPS) is 12.8. The number of primary amides is 1. The summed E-state index contributed by atoms with van der Waals surface area (Å²) >= 11 is 5.64. The third-order valence-corrected chi connectivity index (χ3v) is 2.37. The highest BCUT2D eigenvalue weighted by Crippen LogP contribution is 2.23. The maximum atomic E-state index is 13.7. The molecule has 1 unspecified atom stereocenters. The topological polar surface area (TPSA) is 55.1 Å². The number of carbonyl (C=O) groups excluding carboxylic acids is 1. The van der Waals surface area contributed by atoms with Crippen LogP contribution in [0, 0.1) is 5.82 Å². The van der Waals surface area contributed by atoms with E-state index in [9.17, 15) is 9.18 Å². The monoisotopic (exact) mass is 244 g/mol. The smallest absolute Gasteiger partial charge is 0.239 e. The number of carbonyl (C=O) groups is 1. The zero-order chi connectivity index (χ0) is 12.3. The van der Waals surface area contributed by atoms with E-state index in [4.69, 9.17) is 17.3 Å². The molecule has 1 aromatic rings. The fourth-order valence-electron chi connectivity index (χ4n) is 1.40. The molecule has 0 aromatic heterocycles. The third-order valence-electron chi connectivity index (χ3n) is 2.08. The van der Waals surface area contributed by atoms with Gasteiger partial charge in [0.1, 0.15) is 11.9 Å². The molecule has 1 rings (SSSR count). The van der Waals surface area contributed by atoms with Gasteiger partial charge in [0.05, 0.1) is 5.02 Å². The summed E-state index contributed by atoms with van der Waals surface area (Å²) in [4.78, 5) is 11.2. The molecule has 0 bridgehead atoms. The summed E-state index contributed by atoms with van der Waals surface area (Å²) in [5.41, 5.74) is 5.40. The Kier molecular flexibility index (Phi) is 4.26. The first-order valence-electron chi connectivity index (χ1n) is 4.92. The summed E-state index contributed by atoms with van der Waals surface area (Å²) in [5.74, 6) is -1.24. The van der Waals surface area contributed by atoms with E-state index in [2.05, 4.69) is 5.32 Å². The Balaban J connectivity index is 3.11. The van der Waals surface area contributed by atoms with Gasteiger partial charge in [-0.1, -0.05) is 23.7 Å². The molecule has 1 amide bonds. The lowest BCUT2D eigenvalue weighted by molar-refractivity contribution is -0.120. The summed E-state index contributed by atoms with van der Waals surface area (Å²) in [6.07, 6.45) is 0. The van der Waals surface area contributed by atoms with Crippen molar-refractivity contribution in [3.8, 4) is 0 Å². The van der Waals surface area contributed by atoms with E-state index in [0.717, 1.165) is 0 Å². The van der Waals surface area contributed by atoms with Crippen LogP contribution in [0.1, 0.15) is 25.5 Å². The van der Waals surface area contributed by atoms with Crippen molar-refractivity contribution in [3.63, 3.8) is 0 Å². The van der Waals surface area contributed by atoms with Crippen molar-refractivity contribution >= 4 is 17.5 Å². The maximum absolute atomic E-state index is 13.7. The van der Waals surface area contributed by atoms with E-state index in [1.165, 1.54) is 12.1 Å². The number of halogens is 2. The predicted octanol–water partition coefficient (Wildman–Crippen LogP) is 2.00. The molecule has 5 heteroatoms. The van der Waals surface area contributed by atoms with Gasteiger partial charge in [-0.25, -0.2) is 4.39 Å². The molecule has 0 aliphatic rings. The lowest BCUT2D eigenvalue weighted by Gasteiger charge is -2.19. The van der Waals surface area contributed by atoms with Gasteiger partial charge in [0.25, 0.3) is 0 Å². The van der Waals surface area contributed by atoms with Crippen LogP contribution in [0.3, 0.4) is 0 Å². The van der Waals surface area contributed by atoms with E-state index < -0.39 is 17.8 Å². The molecular formula is C11H14ClFN2O. The average molecular weight is 245 g/mol. The van der Waals surface area contributed by atoms with Crippen molar-refractivity contribution in [2.75, 3.05) is 0 Å². The molecule has 0 aliphatic carbocycles. The highest BCUT2D eigenvalue weighted by atomic mass is 35.5. The minimum atomic E-state index is -0.862. The van der Waals surface area contributed by atoms with Crippen LogP contribution >= 0.6 is 11.6 Å². The lowest BCUT2D eigenvalue weighted by atomic mass is 10.0. The number of rotatable bonds is 4. The van der Waals surface area contributed by atoms with Crippen molar-refractivity contribution in [1.29, 1.82) is 0 Å². The van der Waals surface area contributed by atoms with Crippen LogP contribution in [0.15, 0.2) is 18.2 Å². The summed E-state index contributed by atoms with van der Waals surface area (Å²) in [6.45, 7) is 3.69. The van der Waals surface area contributed by atoms with Crippen LogP contribution < -0.4 is 11.1 Å². The Bertz CT molecular complexity index is 396. The van der Waals surface area contributed by atoms with Gasteiger partial charge in [-0.3, -0.25) is 10.1 Å². The zero-order valence-electron chi connectivity index (χ0n) is 9.13. The molecule has 88 valence electrons. The van der Waals surface area contributed by atoms with Crippen LogP contribution in [0.25, 0.3) is 0 Å². The minimum Gasteiger partial charge on any atom is -0.368 e. The number of benzene rings is 1. The molecule has 0 fully saturated rings. The molecule has 0 heterocycles. The van der Waals surface area contributed by atoms with Gasteiger partial charge in [0, 0.05) is 11.6 Å². The van der Waals surface area contributed by atoms with Crippen molar-refractivity contribution in [3.05, 3.63) is 34.6 Å². The largest absolute Gasteiger partial charge is 0.368 e. The van der Waals surface area contributed by atoms with E-state index in [1.54, 1.807) is 6.07 Å². The van der Waals surface area contributed by atoms with Crippen molar-refractivity contribution < 1.29 is 9.18 Å². The number of nitrogens with one attached hydrogen (secondary N) is 1. The molecule has 0 radical (unpaired) electrons. The Labute approximate surface area is 98.8 Å². The van der Waals surface area contributed by atoms with Crippen molar-refractivity contribution in [2.45, 2.75) is 25.9 Å². The Morgan fingerprint density at radius 2 is 2.12 bits per heavy atom. The van der Waals surface area contributed by atoms with Crippen molar-refractivity contribution in [1.82, 2.24) is 5.32 Å². The quantitative estimate of drug-likeness (QED) is 0.851. The van der Waals surface area contributed by atoms with Crippen LogP contribution in [0.5, 0.6) is 0 Å². The third kappa shape index (κ3) is 2.93. The second kappa shape index (κ2) is 5.27. The first-order valence-corrected chi connectivity index (χ1v) is 5.30. The van der Waals surface area contributed by atoms with Gasteiger partial charge in [0.2, 0.25) is 5.91 Å². The summed E-state index contributed by atoms with van der Waals surface area (Å²) < 4.78 is 13.7. The Morgan fingerprint density at radius 1 is 1.50 bits per heavy atom. The van der Waals surface area contributed by atoms with Gasteiger partial charge in [-0.05, 0) is 19.9 Å². The molecular weight excluding hydrogens is 231 g/mol. The molecule has 3 N–H and O–H groups in total. The molecule has 1 aromatic carbocycles. The van der Waals surface area contributed by atoms with E-state index in [-0.39, 0.29) is 16.6 Å². The fraction of sp³-hybridized carbons (Fsp3) is 0.364. The summed E-state index contributed by atoms with van der Waals surface area (Å²) in [5, 5.41) is 2.87. The molecule has 0 aliphatic heterocycles. The fourth-order valence-corrected chi connectivity index (χ4v) is 1.58. The molecule has 3 nitrogen and oxygen atoms in total. The first kappa shape index (κ1) is 12.9.